The minimum Gasteiger partial charge on any atom is -0.652 e. The molecule has 0 aromatic carbocycles. The van der Waals surface area contributed by atoms with E-state index in [0.29, 0.717) is 13.0 Å². The number of carbonyl (C=O) groups excluding carboxylic acids is 1. The van der Waals surface area contributed by atoms with Crippen LogP contribution in [0.25, 0.3) is 0 Å². The molecule has 0 heterocycles. The second kappa shape index (κ2) is 44.9. The maximum absolute atomic E-state index is 10.4. The molecule has 0 amide bonds. The van der Waals surface area contributed by atoms with Crippen molar-refractivity contribution in [1.29, 1.82) is 0 Å². The maximum atomic E-state index is 10.4. The molecule has 0 bridgehead atoms. The Morgan fingerprint density at radius 1 is 0.618 bits per heavy atom. The van der Waals surface area contributed by atoms with Gasteiger partial charge in [-0.15, -0.1) is 0 Å². The quantitative estimate of drug-likeness (QED) is 0.117. The van der Waals surface area contributed by atoms with Crippen LogP contribution in [0.5, 0.6) is 0 Å². The smallest absolute Gasteiger partial charge is 0.652 e. The van der Waals surface area contributed by atoms with Crippen molar-refractivity contribution in [3.05, 3.63) is 0 Å². The summed E-state index contributed by atoms with van der Waals surface area (Å²) in [7, 11) is 0. The molecule has 0 fully saturated rings. The molecular formula is C25H51K2NO6. The predicted octanol–water partition coefficient (Wildman–Crippen LogP) is -1.61. The number of carboxylic acid groups (broad SMARTS) is 3. The first kappa shape index (κ1) is 45.8. The molecule has 0 aliphatic carbocycles. The van der Waals surface area contributed by atoms with E-state index in [-0.39, 0.29) is 109 Å². The summed E-state index contributed by atoms with van der Waals surface area (Å²) in [5.74, 6) is -0.651. The van der Waals surface area contributed by atoms with Crippen LogP contribution in [-0.4, -0.2) is 35.5 Å². The Morgan fingerprint density at radius 3 is 1.00 bits per heavy atom. The molecule has 9 heteroatoms. The Hall–Kier alpha value is 1.93. The Kier molecular flexibility index (Phi) is 60.5. The number of aliphatic hydroxyl groups is 1. The van der Waals surface area contributed by atoms with Gasteiger partial charge in [0.1, 0.15) is 0 Å². The maximum Gasteiger partial charge on any atom is 1.00 e. The van der Waals surface area contributed by atoms with Crippen LogP contribution in [0.1, 0.15) is 135 Å². The molecule has 194 valence electrons. The van der Waals surface area contributed by atoms with Gasteiger partial charge in [-0.3, -0.25) is 4.79 Å². The van der Waals surface area contributed by atoms with E-state index in [1.54, 1.807) is 0 Å². The normalized spacial score (nSPS) is 9.38. The second-order valence-electron chi connectivity index (χ2n) is 8.27. The minimum atomic E-state index is -2.33. The van der Waals surface area contributed by atoms with Crippen molar-refractivity contribution in [3.8, 4) is 0 Å². The van der Waals surface area contributed by atoms with Gasteiger partial charge in [0.15, 0.2) is 0 Å². The topological polar surface area (TPSA) is 147 Å². The third kappa shape index (κ3) is 64.3. The number of carbonyl (C=O) groups is 2. The zero-order valence-electron chi connectivity index (χ0n) is 22.7. The molecule has 0 unspecified atom stereocenters. The van der Waals surface area contributed by atoms with Crippen LogP contribution in [-0.2, 0) is 4.79 Å². The fraction of sp³-hybridized carbons (Fsp3) is 0.920. The first-order valence-electron chi connectivity index (χ1n) is 12.8. The molecule has 4 N–H and O–H groups in total. The Balaban J connectivity index is -0.000000242. The first-order chi connectivity index (χ1) is 15.4. The summed E-state index contributed by atoms with van der Waals surface area (Å²) in [5.41, 5.74) is 4.78. The Morgan fingerprint density at radius 2 is 0.824 bits per heavy atom. The van der Waals surface area contributed by atoms with Gasteiger partial charge < -0.3 is 31.0 Å². The second-order valence-corrected chi connectivity index (χ2v) is 8.27. The van der Waals surface area contributed by atoms with E-state index in [9.17, 15) is 4.79 Å². The summed E-state index contributed by atoms with van der Waals surface area (Å²) >= 11 is 0. The van der Waals surface area contributed by atoms with Crippen molar-refractivity contribution in [2.45, 2.75) is 135 Å². The number of carboxylic acids is 1. The van der Waals surface area contributed by atoms with E-state index in [1.807, 2.05) is 0 Å². The summed E-state index contributed by atoms with van der Waals surface area (Å²) < 4.78 is 0. The SMILES string of the molecule is CCCCCCCCCCCCCCCCCCCCCC(=O)O.NCCO.O=C([O-])[O-].[K+].[K+]. The largest absolute Gasteiger partial charge is 1.00 e. The van der Waals surface area contributed by atoms with Gasteiger partial charge in [0.05, 0.1) is 6.61 Å². The van der Waals surface area contributed by atoms with E-state index in [4.69, 9.17) is 31.0 Å². The number of rotatable bonds is 21. The van der Waals surface area contributed by atoms with Gasteiger partial charge in [-0.2, -0.15) is 0 Å². The van der Waals surface area contributed by atoms with E-state index >= 15 is 0 Å². The predicted molar refractivity (Wildman–Crippen MR) is 127 cm³/mol. The number of nitrogens with two attached hydrogens (primary N) is 1. The number of aliphatic hydroxyl groups excluding tert-OH is 1. The summed E-state index contributed by atoms with van der Waals surface area (Å²) in [4.78, 5) is 18.7. The molecule has 0 saturated carbocycles. The van der Waals surface area contributed by atoms with E-state index in [2.05, 4.69) is 6.92 Å². The van der Waals surface area contributed by atoms with Crippen molar-refractivity contribution in [2.24, 2.45) is 5.73 Å². The molecule has 0 aliphatic rings. The average Bonchev–Trinajstić information content (AvgIpc) is 2.75. The monoisotopic (exact) mass is 539 g/mol. The van der Waals surface area contributed by atoms with Crippen molar-refractivity contribution in [2.75, 3.05) is 13.2 Å². The van der Waals surface area contributed by atoms with Crippen LogP contribution < -0.4 is 119 Å². The van der Waals surface area contributed by atoms with Crippen LogP contribution in [0, 0.1) is 0 Å². The number of unbranched alkanes of at least 4 members (excludes halogenated alkanes) is 18. The third-order valence-corrected chi connectivity index (χ3v) is 5.12. The summed E-state index contributed by atoms with van der Waals surface area (Å²) in [6, 6.07) is 0. The van der Waals surface area contributed by atoms with Gasteiger partial charge in [0.2, 0.25) is 0 Å². The summed E-state index contributed by atoms with van der Waals surface area (Å²) in [5, 5.41) is 33.0. The molecule has 0 saturated heterocycles. The van der Waals surface area contributed by atoms with Crippen molar-refractivity contribution in [1.82, 2.24) is 0 Å². The fourth-order valence-electron chi connectivity index (χ4n) is 3.35. The third-order valence-electron chi connectivity index (χ3n) is 5.12. The van der Waals surface area contributed by atoms with Crippen LogP contribution >= 0.6 is 0 Å². The first-order valence-corrected chi connectivity index (χ1v) is 12.8. The van der Waals surface area contributed by atoms with Crippen molar-refractivity contribution >= 4 is 12.1 Å². The van der Waals surface area contributed by atoms with Gasteiger partial charge in [-0.05, 0) is 12.6 Å². The van der Waals surface area contributed by atoms with E-state index in [1.165, 1.54) is 109 Å². The number of hydrogen-bond acceptors (Lipinski definition) is 6. The van der Waals surface area contributed by atoms with Gasteiger partial charge in [0, 0.05) is 13.0 Å². The zero-order valence-corrected chi connectivity index (χ0v) is 28.9. The molecule has 0 aliphatic heterocycles. The van der Waals surface area contributed by atoms with Crippen LogP contribution in [0.3, 0.4) is 0 Å². The van der Waals surface area contributed by atoms with Crippen molar-refractivity contribution in [3.63, 3.8) is 0 Å². The number of aliphatic carboxylic acids is 1. The molecular weight excluding hydrogens is 488 g/mol. The molecule has 7 nitrogen and oxygen atoms in total. The van der Waals surface area contributed by atoms with E-state index in [0.717, 1.165) is 12.8 Å². The molecule has 0 spiro atoms. The van der Waals surface area contributed by atoms with Gasteiger partial charge in [-0.1, -0.05) is 122 Å². The van der Waals surface area contributed by atoms with Crippen LogP contribution in [0.4, 0.5) is 4.79 Å². The molecule has 0 rings (SSSR count). The molecule has 0 radical (unpaired) electrons. The fourth-order valence-corrected chi connectivity index (χ4v) is 3.35. The summed E-state index contributed by atoms with van der Waals surface area (Å²) in [6.45, 7) is 2.76. The van der Waals surface area contributed by atoms with Crippen LogP contribution in [0.15, 0.2) is 0 Å². The average molecular weight is 540 g/mol. The number of hydrogen-bond donors (Lipinski definition) is 3. The standard InChI is InChI=1S/C22H44O2.C2H7NO.CH2O3.2K/c1-2-3-4-5-6-7-8-9-10-11-12-13-14-15-16-17-18-19-20-21-22(23)24;3-1-2-4;2-1(3)4;;/h2-21H2,1H3,(H,23,24);4H,1-3H2;(H2,2,3,4);;/q;;;2*+1/p-2. The Labute approximate surface area is 294 Å². The van der Waals surface area contributed by atoms with Gasteiger partial charge >= 0.3 is 109 Å². The summed E-state index contributed by atoms with van der Waals surface area (Å²) in [6.07, 6.45) is 23.8. The van der Waals surface area contributed by atoms with E-state index < -0.39 is 12.1 Å². The molecule has 34 heavy (non-hydrogen) atoms. The minimum absolute atomic E-state index is 0. The molecule has 0 aromatic heterocycles. The van der Waals surface area contributed by atoms with Gasteiger partial charge in [0.25, 0.3) is 0 Å². The molecule has 0 atom stereocenters. The Bertz CT molecular complexity index is 371. The van der Waals surface area contributed by atoms with Crippen LogP contribution in [0.2, 0.25) is 0 Å². The van der Waals surface area contributed by atoms with Crippen molar-refractivity contribution < 1.29 is 133 Å². The molecule has 0 aromatic rings. The van der Waals surface area contributed by atoms with Gasteiger partial charge in [-0.25, -0.2) is 0 Å². The zero-order chi connectivity index (χ0) is 24.7.